The van der Waals surface area contributed by atoms with Crippen LogP contribution in [0, 0.1) is 0 Å². The molecule has 25 heavy (non-hydrogen) atoms. The van der Waals surface area contributed by atoms with E-state index in [0.717, 1.165) is 6.17 Å². The Balaban J connectivity index is 1.77. The van der Waals surface area contributed by atoms with E-state index in [1.165, 1.54) is 122 Å². The number of rotatable bonds is 17. The van der Waals surface area contributed by atoms with E-state index >= 15 is 0 Å². The van der Waals surface area contributed by atoms with Gasteiger partial charge in [0.1, 0.15) is 0 Å². The summed E-state index contributed by atoms with van der Waals surface area (Å²) in [5.41, 5.74) is 0. The average molecular weight is 353 g/mol. The van der Waals surface area contributed by atoms with Gasteiger partial charge >= 0.3 is 0 Å². The lowest BCUT2D eigenvalue weighted by Crippen LogP contribution is -2.36. The van der Waals surface area contributed by atoms with E-state index in [1.807, 2.05) is 0 Å². The number of hydrogen-bond acceptors (Lipinski definition) is 2. The molecule has 0 aromatic heterocycles. The Morgan fingerprint density at radius 1 is 0.600 bits per heavy atom. The standard InChI is InChI=1S/C23H48N2/c1-4-6-7-8-9-10-11-12-13-14-15-16-17-18-19-20-23-24(3)21-22-25(23)5-2/h23H,4-22H2,1-3H3. The third-order valence-electron chi connectivity index (χ3n) is 6.14. The highest BCUT2D eigenvalue weighted by atomic mass is 15.4. The zero-order chi connectivity index (χ0) is 18.2. The van der Waals surface area contributed by atoms with Crippen molar-refractivity contribution in [3.8, 4) is 0 Å². The lowest BCUT2D eigenvalue weighted by atomic mass is 10.0. The molecule has 1 atom stereocenters. The van der Waals surface area contributed by atoms with E-state index < -0.39 is 0 Å². The molecule has 1 aliphatic heterocycles. The van der Waals surface area contributed by atoms with Crippen LogP contribution in [0.1, 0.15) is 117 Å². The number of likely N-dealkylation sites (N-methyl/N-ethyl adjacent to an activating group) is 2. The van der Waals surface area contributed by atoms with Crippen molar-refractivity contribution in [3.63, 3.8) is 0 Å². The van der Waals surface area contributed by atoms with Crippen molar-refractivity contribution < 1.29 is 0 Å². The van der Waals surface area contributed by atoms with Gasteiger partial charge in [0, 0.05) is 13.1 Å². The maximum atomic E-state index is 2.64. The molecule has 0 aliphatic carbocycles. The summed E-state index contributed by atoms with van der Waals surface area (Å²) >= 11 is 0. The minimum atomic E-state index is 0.729. The van der Waals surface area contributed by atoms with Gasteiger partial charge in [0.25, 0.3) is 0 Å². The summed E-state index contributed by atoms with van der Waals surface area (Å²) in [6.07, 6.45) is 24.0. The van der Waals surface area contributed by atoms with Gasteiger partial charge in [0.15, 0.2) is 0 Å². The summed E-state index contributed by atoms with van der Waals surface area (Å²) in [7, 11) is 2.30. The van der Waals surface area contributed by atoms with E-state index in [-0.39, 0.29) is 0 Å². The van der Waals surface area contributed by atoms with Gasteiger partial charge in [-0.2, -0.15) is 0 Å². The lowest BCUT2D eigenvalue weighted by Gasteiger charge is -2.27. The molecule has 150 valence electrons. The molecule has 0 aromatic rings. The molecule has 1 rings (SSSR count). The predicted octanol–water partition coefficient (Wildman–Crippen LogP) is 6.84. The second kappa shape index (κ2) is 16.1. The second-order valence-electron chi connectivity index (χ2n) is 8.33. The van der Waals surface area contributed by atoms with Gasteiger partial charge in [0.2, 0.25) is 0 Å². The Labute approximate surface area is 159 Å². The van der Waals surface area contributed by atoms with E-state index in [4.69, 9.17) is 0 Å². The summed E-state index contributed by atoms with van der Waals surface area (Å²) in [5.74, 6) is 0. The Morgan fingerprint density at radius 2 is 1.04 bits per heavy atom. The fourth-order valence-corrected chi connectivity index (χ4v) is 4.33. The molecule has 1 aliphatic rings. The number of unbranched alkanes of at least 4 members (excludes halogenated alkanes) is 14. The molecular weight excluding hydrogens is 304 g/mol. The van der Waals surface area contributed by atoms with Crippen LogP contribution < -0.4 is 0 Å². The van der Waals surface area contributed by atoms with Gasteiger partial charge < -0.3 is 0 Å². The second-order valence-corrected chi connectivity index (χ2v) is 8.33. The maximum absolute atomic E-state index is 2.64. The van der Waals surface area contributed by atoms with E-state index in [2.05, 4.69) is 30.7 Å². The molecule has 1 unspecified atom stereocenters. The molecule has 0 amide bonds. The van der Waals surface area contributed by atoms with Crippen molar-refractivity contribution in [2.45, 2.75) is 123 Å². The molecule has 1 heterocycles. The summed E-state index contributed by atoms with van der Waals surface area (Å²) < 4.78 is 0. The minimum absolute atomic E-state index is 0.729. The van der Waals surface area contributed by atoms with E-state index in [9.17, 15) is 0 Å². The van der Waals surface area contributed by atoms with Crippen LogP contribution in [-0.2, 0) is 0 Å². The topological polar surface area (TPSA) is 6.48 Å². The maximum Gasteiger partial charge on any atom is 0.0620 e. The summed E-state index contributed by atoms with van der Waals surface area (Å²) in [4.78, 5) is 5.19. The molecule has 0 radical (unpaired) electrons. The fraction of sp³-hybridized carbons (Fsp3) is 1.00. The first-order valence-electron chi connectivity index (χ1n) is 11.7. The highest BCUT2D eigenvalue weighted by Crippen LogP contribution is 2.19. The molecule has 1 fully saturated rings. The molecule has 2 nitrogen and oxygen atoms in total. The van der Waals surface area contributed by atoms with Crippen molar-refractivity contribution in [1.29, 1.82) is 0 Å². The van der Waals surface area contributed by atoms with E-state index in [0.29, 0.717) is 0 Å². The van der Waals surface area contributed by atoms with E-state index in [1.54, 1.807) is 0 Å². The molecule has 0 spiro atoms. The average Bonchev–Trinajstić information content (AvgIpc) is 2.98. The van der Waals surface area contributed by atoms with Crippen LogP contribution in [0.5, 0.6) is 0 Å². The Kier molecular flexibility index (Phi) is 14.8. The first-order valence-corrected chi connectivity index (χ1v) is 11.7. The van der Waals surface area contributed by atoms with Crippen molar-refractivity contribution in [1.82, 2.24) is 9.80 Å². The van der Waals surface area contributed by atoms with Crippen LogP contribution in [0.15, 0.2) is 0 Å². The summed E-state index contributed by atoms with van der Waals surface area (Å²) in [6.45, 7) is 8.36. The molecule has 0 aromatic carbocycles. The first-order chi connectivity index (χ1) is 12.3. The van der Waals surface area contributed by atoms with Crippen molar-refractivity contribution >= 4 is 0 Å². The highest BCUT2D eigenvalue weighted by Gasteiger charge is 2.26. The zero-order valence-corrected chi connectivity index (χ0v) is 17.9. The summed E-state index contributed by atoms with van der Waals surface area (Å²) in [6, 6.07) is 0. The minimum Gasteiger partial charge on any atom is -0.290 e. The monoisotopic (exact) mass is 352 g/mol. The van der Waals surface area contributed by atoms with Crippen LogP contribution in [0.3, 0.4) is 0 Å². The molecular formula is C23H48N2. The largest absolute Gasteiger partial charge is 0.290 e. The van der Waals surface area contributed by atoms with Crippen LogP contribution >= 0.6 is 0 Å². The Bertz CT molecular complexity index is 279. The fourth-order valence-electron chi connectivity index (χ4n) is 4.33. The molecule has 0 saturated carbocycles. The van der Waals surface area contributed by atoms with Crippen molar-refractivity contribution in [2.24, 2.45) is 0 Å². The van der Waals surface area contributed by atoms with Crippen molar-refractivity contribution in [2.75, 3.05) is 26.7 Å². The Hall–Kier alpha value is -0.0800. The molecule has 1 saturated heterocycles. The van der Waals surface area contributed by atoms with Gasteiger partial charge in [-0.1, -0.05) is 110 Å². The highest BCUT2D eigenvalue weighted by molar-refractivity contribution is 4.78. The molecule has 2 heteroatoms. The van der Waals surface area contributed by atoms with Crippen LogP contribution in [-0.4, -0.2) is 42.6 Å². The van der Waals surface area contributed by atoms with Crippen LogP contribution in [0.4, 0.5) is 0 Å². The smallest absolute Gasteiger partial charge is 0.0620 e. The third kappa shape index (κ3) is 11.3. The third-order valence-corrected chi connectivity index (χ3v) is 6.14. The van der Waals surface area contributed by atoms with Gasteiger partial charge in [0.05, 0.1) is 6.17 Å². The number of hydrogen-bond donors (Lipinski definition) is 0. The predicted molar refractivity (Wildman–Crippen MR) is 113 cm³/mol. The summed E-state index contributed by atoms with van der Waals surface area (Å²) in [5, 5.41) is 0. The van der Waals surface area contributed by atoms with Crippen molar-refractivity contribution in [3.05, 3.63) is 0 Å². The lowest BCUT2D eigenvalue weighted by molar-refractivity contribution is 0.151. The molecule has 0 N–H and O–H groups in total. The van der Waals surface area contributed by atoms with Gasteiger partial charge in [-0.3, -0.25) is 9.80 Å². The molecule has 0 bridgehead atoms. The van der Waals surface area contributed by atoms with Gasteiger partial charge in [-0.05, 0) is 20.0 Å². The van der Waals surface area contributed by atoms with Gasteiger partial charge in [-0.15, -0.1) is 0 Å². The van der Waals surface area contributed by atoms with Crippen LogP contribution in [0.25, 0.3) is 0 Å². The SMILES string of the molecule is CCCCCCCCCCCCCCCCCC1N(C)CCN1CC. The normalized spacial score (nSPS) is 19.1. The first kappa shape index (κ1) is 23.0. The van der Waals surface area contributed by atoms with Crippen LogP contribution in [0.2, 0.25) is 0 Å². The quantitative estimate of drug-likeness (QED) is 0.264. The number of nitrogens with zero attached hydrogens (tertiary/aromatic N) is 2. The Morgan fingerprint density at radius 3 is 1.48 bits per heavy atom. The van der Waals surface area contributed by atoms with Gasteiger partial charge in [-0.25, -0.2) is 0 Å². The zero-order valence-electron chi connectivity index (χ0n) is 17.9.